The molecule has 1 aromatic carbocycles. The summed E-state index contributed by atoms with van der Waals surface area (Å²) in [5.41, 5.74) is 3.47. The number of hydrogen-bond donors (Lipinski definition) is 1. The lowest BCUT2D eigenvalue weighted by Gasteiger charge is -2.16. The molecule has 0 amide bonds. The van der Waals surface area contributed by atoms with Crippen molar-refractivity contribution in [2.24, 2.45) is 5.92 Å². The van der Waals surface area contributed by atoms with E-state index < -0.39 is 0 Å². The molecule has 0 bridgehead atoms. The molecule has 1 aromatic rings. The van der Waals surface area contributed by atoms with Crippen molar-refractivity contribution in [2.45, 2.75) is 45.4 Å². The molecule has 94 valence electrons. The highest BCUT2D eigenvalue weighted by molar-refractivity contribution is 5.34. The largest absolute Gasteiger partial charge is 0.316 e. The first-order chi connectivity index (χ1) is 8.16. The molecule has 0 aromatic heterocycles. The molecule has 0 unspecified atom stereocenters. The van der Waals surface area contributed by atoms with Gasteiger partial charge in [0.15, 0.2) is 0 Å². The molecule has 1 saturated carbocycles. The SMILES string of the molecule is CCNCC1(c2ccc(CC(C)C)cc2)CC1. The molecular formula is C16H25N. The third-order valence-electron chi connectivity index (χ3n) is 3.78. The summed E-state index contributed by atoms with van der Waals surface area (Å²) >= 11 is 0. The monoisotopic (exact) mass is 231 g/mol. The molecule has 1 fully saturated rings. The van der Waals surface area contributed by atoms with Crippen molar-refractivity contribution >= 4 is 0 Å². The van der Waals surface area contributed by atoms with Gasteiger partial charge >= 0.3 is 0 Å². The Bertz CT molecular complexity index is 346. The highest BCUT2D eigenvalue weighted by atomic mass is 14.9. The fraction of sp³-hybridized carbons (Fsp3) is 0.625. The van der Waals surface area contributed by atoms with Crippen molar-refractivity contribution in [1.82, 2.24) is 5.32 Å². The molecule has 1 nitrogen and oxygen atoms in total. The van der Waals surface area contributed by atoms with Crippen molar-refractivity contribution in [3.8, 4) is 0 Å². The van der Waals surface area contributed by atoms with Crippen LogP contribution in [0.2, 0.25) is 0 Å². The number of rotatable bonds is 6. The van der Waals surface area contributed by atoms with Gasteiger partial charge in [0, 0.05) is 12.0 Å². The molecule has 1 heteroatoms. The van der Waals surface area contributed by atoms with Crippen LogP contribution in [-0.2, 0) is 11.8 Å². The Labute approximate surface area is 106 Å². The normalized spacial score (nSPS) is 17.4. The molecule has 0 saturated heterocycles. The molecule has 17 heavy (non-hydrogen) atoms. The van der Waals surface area contributed by atoms with Crippen LogP contribution in [0.3, 0.4) is 0 Å². The highest BCUT2D eigenvalue weighted by Gasteiger charge is 2.43. The van der Waals surface area contributed by atoms with Gasteiger partial charge in [-0.25, -0.2) is 0 Å². The Balaban J connectivity index is 2.02. The van der Waals surface area contributed by atoms with Gasteiger partial charge in [-0.1, -0.05) is 45.0 Å². The standard InChI is InChI=1S/C16H25N/c1-4-17-12-16(9-10-16)15-7-5-14(6-8-15)11-13(2)3/h5-8,13,17H,4,9-12H2,1-3H3. The summed E-state index contributed by atoms with van der Waals surface area (Å²) < 4.78 is 0. The number of benzene rings is 1. The zero-order chi connectivity index (χ0) is 12.3. The fourth-order valence-electron chi connectivity index (χ4n) is 2.55. The summed E-state index contributed by atoms with van der Waals surface area (Å²) in [5.74, 6) is 0.748. The lowest BCUT2D eigenvalue weighted by Crippen LogP contribution is -2.26. The zero-order valence-electron chi connectivity index (χ0n) is 11.4. The summed E-state index contributed by atoms with van der Waals surface area (Å²) in [6, 6.07) is 9.34. The van der Waals surface area contributed by atoms with E-state index in [2.05, 4.69) is 50.4 Å². The van der Waals surface area contributed by atoms with E-state index in [-0.39, 0.29) is 0 Å². The van der Waals surface area contributed by atoms with E-state index in [0.29, 0.717) is 5.41 Å². The highest BCUT2D eigenvalue weighted by Crippen LogP contribution is 2.47. The van der Waals surface area contributed by atoms with Gasteiger partial charge < -0.3 is 5.32 Å². The molecule has 1 aliphatic rings. The third-order valence-corrected chi connectivity index (χ3v) is 3.78. The quantitative estimate of drug-likeness (QED) is 0.790. The minimum absolute atomic E-state index is 0.465. The van der Waals surface area contributed by atoms with Crippen LogP contribution in [0, 0.1) is 5.92 Å². The maximum absolute atomic E-state index is 3.50. The Hall–Kier alpha value is -0.820. The van der Waals surface area contributed by atoms with E-state index in [9.17, 15) is 0 Å². The first kappa shape index (κ1) is 12.6. The van der Waals surface area contributed by atoms with Crippen LogP contribution in [-0.4, -0.2) is 13.1 Å². The van der Waals surface area contributed by atoms with Gasteiger partial charge in [0.1, 0.15) is 0 Å². The van der Waals surface area contributed by atoms with Crippen LogP contribution in [0.4, 0.5) is 0 Å². The van der Waals surface area contributed by atoms with Crippen LogP contribution in [0.15, 0.2) is 24.3 Å². The Morgan fingerprint density at radius 1 is 1.18 bits per heavy atom. The minimum Gasteiger partial charge on any atom is -0.316 e. The predicted molar refractivity (Wildman–Crippen MR) is 74.4 cm³/mol. The topological polar surface area (TPSA) is 12.0 Å². The second-order valence-corrected chi connectivity index (χ2v) is 5.86. The van der Waals surface area contributed by atoms with Crippen LogP contribution in [0.5, 0.6) is 0 Å². The van der Waals surface area contributed by atoms with Crippen molar-refractivity contribution in [3.05, 3.63) is 35.4 Å². The van der Waals surface area contributed by atoms with Gasteiger partial charge in [0.05, 0.1) is 0 Å². The summed E-state index contributed by atoms with van der Waals surface area (Å²) in [7, 11) is 0. The lowest BCUT2D eigenvalue weighted by atomic mass is 9.93. The Morgan fingerprint density at radius 3 is 2.29 bits per heavy atom. The zero-order valence-corrected chi connectivity index (χ0v) is 11.4. The maximum atomic E-state index is 3.50. The van der Waals surface area contributed by atoms with Gasteiger partial charge in [-0.05, 0) is 42.9 Å². The lowest BCUT2D eigenvalue weighted by molar-refractivity contribution is 0.590. The molecule has 2 rings (SSSR count). The molecule has 0 spiro atoms. The first-order valence-electron chi connectivity index (χ1n) is 6.96. The molecule has 0 heterocycles. The van der Waals surface area contributed by atoms with Gasteiger partial charge in [-0.3, -0.25) is 0 Å². The van der Waals surface area contributed by atoms with Gasteiger partial charge in [-0.15, -0.1) is 0 Å². The van der Waals surface area contributed by atoms with Crippen LogP contribution in [0.25, 0.3) is 0 Å². The molecule has 0 radical (unpaired) electrons. The smallest absolute Gasteiger partial charge is 0.00784 e. The summed E-state index contributed by atoms with van der Waals surface area (Å²) in [4.78, 5) is 0. The molecule has 0 atom stereocenters. The number of hydrogen-bond acceptors (Lipinski definition) is 1. The average Bonchev–Trinajstić information content (AvgIpc) is 3.08. The van der Waals surface area contributed by atoms with E-state index >= 15 is 0 Å². The van der Waals surface area contributed by atoms with E-state index in [1.807, 2.05) is 0 Å². The first-order valence-corrected chi connectivity index (χ1v) is 6.96. The minimum atomic E-state index is 0.465. The van der Waals surface area contributed by atoms with E-state index in [1.165, 1.54) is 30.4 Å². The maximum Gasteiger partial charge on any atom is 0.00784 e. The van der Waals surface area contributed by atoms with E-state index in [0.717, 1.165) is 19.0 Å². The van der Waals surface area contributed by atoms with Crippen LogP contribution in [0.1, 0.15) is 44.7 Å². The van der Waals surface area contributed by atoms with E-state index in [1.54, 1.807) is 0 Å². The van der Waals surface area contributed by atoms with Crippen molar-refractivity contribution in [3.63, 3.8) is 0 Å². The third kappa shape index (κ3) is 3.10. The van der Waals surface area contributed by atoms with Gasteiger partial charge in [-0.2, -0.15) is 0 Å². The number of nitrogens with one attached hydrogen (secondary N) is 1. The average molecular weight is 231 g/mol. The number of likely N-dealkylation sites (N-methyl/N-ethyl adjacent to an activating group) is 1. The van der Waals surface area contributed by atoms with Crippen LogP contribution >= 0.6 is 0 Å². The van der Waals surface area contributed by atoms with Gasteiger partial charge in [0.2, 0.25) is 0 Å². The second-order valence-electron chi connectivity index (χ2n) is 5.86. The molecular weight excluding hydrogens is 206 g/mol. The van der Waals surface area contributed by atoms with Gasteiger partial charge in [0.25, 0.3) is 0 Å². The van der Waals surface area contributed by atoms with Crippen molar-refractivity contribution < 1.29 is 0 Å². The summed E-state index contributed by atoms with van der Waals surface area (Å²) in [6.45, 7) is 8.96. The molecule has 0 aliphatic heterocycles. The van der Waals surface area contributed by atoms with Crippen molar-refractivity contribution in [1.29, 1.82) is 0 Å². The summed E-state index contributed by atoms with van der Waals surface area (Å²) in [6.07, 6.45) is 3.90. The van der Waals surface area contributed by atoms with Crippen LogP contribution < -0.4 is 5.32 Å². The Morgan fingerprint density at radius 2 is 1.82 bits per heavy atom. The molecule has 1 N–H and O–H groups in total. The predicted octanol–water partition coefficient (Wildman–Crippen LogP) is 3.53. The fourth-order valence-corrected chi connectivity index (χ4v) is 2.55. The Kier molecular flexibility index (Phi) is 3.88. The summed E-state index contributed by atoms with van der Waals surface area (Å²) in [5, 5.41) is 3.50. The van der Waals surface area contributed by atoms with Crippen molar-refractivity contribution in [2.75, 3.05) is 13.1 Å². The second kappa shape index (κ2) is 5.22. The molecule has 1 aliphatic carbocycles. The van der Waals surface area contributed by atoms with E-state index in [4.69, 9.17) is 0 Å².